The third kappa shape index (κ3) is 3.74. The zero-order valence-electron chi connectivity index (χ0n) is 10.2. The number of ether oxygens (including phenoxy) is 1. The fraction of sp³-hybridized carbons (Fsp3) is 0.333. The van der Waals surface area contributed by atoms with Crippen LogP contribution in [0.4, 0.5) is 10.5 Å². The van der Waals surface area contributed by atoms with Crippen LogP contribution < -0.4 is 10.6 Å². The van der Waals surface area contributed by atoms with Crippen molar-refractivity contribution in [2.24, 2.45) is 5.92 Å². The van der Waals surface area contributed by atoms with Crippen LogP contribution in [0.25, 0.3) is 0 Å². The SMILES string of the molecule is O=C(Nc1ccc(I)cc1Cl)NC1COCC1C(=O)O. The highest BCUT2D eigenvalue weighted by molar-refractivity contribution is 14.1. The van der Waals surface area contributed by atoms with Crippen LogP contribution in [0.5, 0.6) is 0 Å². The molecule has 3 N–H and O–H groups in total. The Balaban J connectivity index is 1.97. The van der Waals surface area contributed by atoms with Crippen molar-refractivity contribution in [1.82, 2.24) is 5.32 Å². The van der Waals surface area contributed by atoms with E-state index < -0.39 is 24.0 Å². The molecule has 20 heavy (non-hydrogen) atoms. The second kappa shape index (κ2) is 6.59. The number of nitrogens with one attached hydrogen (secondary N) is 2. The standard InChI is InChI=1S/C12H12ClIN2O4/c13-8-3-6(14)1-2-9(8)15-12(19)16-10-5-20-4-7(10)11(17)18/h1-3,7,10H,4-5H2,(H,17,18)(H2,15,16,19). The highest BCUT2D eigenvalue weighted by atomic mass is 127. The first-order valence-electron chi connectivity index (χ1n) is 5.80. The van der Waals surface area contributed by atoms with E-state index in [0.29, 0.717) is 10.7 Å². The van der Waals surface area contributed by atoms with Crippen molar-refractivity contribution in [2.45, 2.75) is 6.04 Å². The average Bonchev–Trinajstić information content (AvgIpc) is 2.81. The van der Waals surface area contributed by atoms with Gasteiger partial charge in [0.2, 0.25) is 0 Å². The summed E-state index contributed by atoms with van der Waals surface area (Å²) in [7, 11) is 0. The monoisotopic (exact) mass is 410 g/mol. The third-order valence-electron chi connectivity index (χ3n) is 2.89. The lowest BCUT2D eigenvalue weighted by Gasteiger charge is -2.16. The molecular formula is C12H12ClIN2O4. The predicted octanol–water partition coefficient (Wildman–Crippen LogP) is 2.17. The molecule has 0 aromatic heterocycles. The summed E-state index contributed by atoms with van der Waals surface area (Å²) in [6, 6.07) is 4.16. The lowest BCUT2D eigenvalue weighted by atomic mass is 10.0. The number of halogens is 2. The van der Waals surface area contributed by atoms with E-state index >= 15 is 0 Å². The number of hydrogen-bond donors (Lipinski definition) is 3. The van der Waals surface area contributed by atoms with Crippen LogP contribution in [0.3, 0.4) is 0 Å². The van der Waals surface area contributed by atoms with E-state index in [9.17, 15) is 9.59 Å². The fourth-order valence-corrected chi connectivity index (χ4v) is 2.76. The van der Waals surface area contributed by atoms with Crippen molar-refractivity contribution in [3.8, 4) is 0 Å². The smallest absolute Gasteiger partial charge is 0.319 e. The summed E-state index contributed by atoms with van der Waals surface area (Å²) in [5, 5.41) is 14.6. The molecule has 6 nitrogen and oxygen atoms in total. The Kier molecular flexibility index (Phi) is 5.06. The van der Waals surface area contributed by atoms with Gasteiger partial charge in [-0.25, -0.2) is 4.79 Å². The number of aliphatic carboxylic acids is 1. The molecule has 1 aliphatic rings. The number of carboxylic acid groups (broad SMARTS) is 1. The van der Waals surface area contributed by atoms with Crippen LogP contribution in [0.2, 0.25) is 5.02 Å². The molecule has 2 amide bonds. The van der Waals surface area contributed by atoms with Crippen LogP contribution in [-0.4, -0.2) is 36.4 Å². The Hall–Kier alpha value is -1.06. The predicted molar refractivity (Wildman–Crippen MR) is 82.1 cm³/mol. The van der Waals surface area contributed by atoms with E-state index in [1.807, 2.05) is 0 Å². The maximum absolute atomic E-state index is 11.8. The summed E-state index contributed by atoms with van der Waals surface area (Å²) >= 11 is 8.11. The van der Waals surface area contributed by atoms with Gasteiger partial charge >= 0.3 is 12.0 Å². The number of carbonyl (C=O) groups is 2. The molecule has 1 heterocycles. The minimum Gasteiger partial charge on any atom is -0.481 e. The van der Waals surface area contributed by atoms with Crippen LogP contribution in [0.15, 0.2) is 18.2 Å². The molecule has 1 aromatic carbocycles. The number of amides is 2. The van der Waals surface area contributed by atoms with Gasteiger partial charge in [0.15, 0.2) is 0 Å². The van der Waals surface area contributed by atoms with Crippen LogP contribution in [0, 0.1) is 9.49 Å². The number of rotatable bonds is 3. The number of anilines is 1. The Labute approximate surface area is 134 Å². The van der Waals surface area contributed by atoms with Crippen molar-refractivity contribution in [3.63, 3.8) is 0 Å². The first-order valence-corrected chi connectivity index (χ1v) is 7.26. The number of benzene rings is 1. The molecule has 1 saturated heterocycles. The minimum atomic E-state index is -0.986. The van der Waals surface area contributed by atoms with E-state index in [4.69, 9.17) is 21.4 Å². The highest BCUT2D eigenvalue weighted by Gasteiger charge is 2.35. The molecule has 0 radical (unpaired) electrons. The Morgan fingerprint density at radius 3 is 2.80 bits per heavy atom. The molecule has 1 aromatic rings. The van der Waals surface area contributed by atoms with Crippen molar-refractivity contribution < 1.29 is 19.4 Å². The number of carbonyl (C=O) groups excluding carboxylic acids is 1. The van der Waals surface area contributed by atoms with E-state index in [-0.39, 0.29) is 13.2 Å². The maximum atomic E-state index is 11.8. The number of carboxylic acids is 1. The number of urea groups is 1. The minimum absolute atomic E-state index is 0.102. The second-order valence-corrected chi connectivity index (χ2v) is 5.96. The fourth-order valence-electron chi connectivity index (χ4n) is 1.86. The molecule has 2 unspecified atom stereocenters. The van der Waals surface area contributed by atoms with Gasteiger partial charge in [0.1, 0.15) is 5.92 Å². The quantitative estimate of drug-likeness (QED) is 0.667. The molecule has 0 bridgehead atoms. The Morgan fingerprint density at radius 1 is 1.40 bits per heavy atom. The van der Waals surface area contributed by atoms with E-state index in [0.717, 1.165) is 3.57 Å². The van der Waals surface area contributed by atoms with Gasteiger partial charge in [-0.05, 0) is 40.8 Å². The molecule has 0 saturated carbocycles. The first-order chi connectivity index (χ1) is 9.47. The summed E-state index contributed by atoms with van der Waals surface area (Å²) in [6.07, 6.45) is 0. The van der Waals surface area contributed by atoms with Crippen LogP contribution in [0.1, 0.15) is 0 Å². The topological polar surface area (TPSA) is 87.7 Å². The maximum Gasteiger partial charge on any atom is 0.319 e. The normalized spacial score (nSPS) is 21.5. The highest BCUT2D eigenvalue weighted by Crippen LogP contribution is 2.24. The van der Waals surface area contributed by atoms with Crippen molar-refractivity contribution in [1.29, 1.82) is 0 Å². The summed E-state index contributed by atoms with van der Waals surface area (Å²) < 4.78 is 6.02. The zero-order chi connectivity index (χ0) is 14.7. The molecule has 2 atom stereocenters. The largest absolute Gasteiger partial charge is 0.481 e. The molecule has 108 valence electrons. The van der Waals surface area contributed by atoms with Gasteiger partial charge in [0.05, 0.1) is 30.0 Å². The molecule has 2 rings (SSSR count). The van der Waals surface area contributed by atoms with Crippen LogP contribution >= 0.6 is 34.2 Å². The van der Waals surface area contributed by atoms with Gasteiger partial charge in [-0.1, -0.05) is 11.6 Å². The second-order valence-electron chi connectivity index (χ2n) is 4.31. The van der Waals surface area contributed by atoms with E-state index in [1.54, 1.807) is 18.2 Å². The zero-order valence-corrected chi connectivity index (χ0v) is 13.1. The van der Waals surface area contributed by atoms with Crippen molar-refractivity contribution in [2.75, 3.05) is 18.5 Å². The Morgan fingerprint density at radius 2 is 2.15 bits per heavy atom. The molecule has 8 heteroatoms. The summed E-state index contributed by atoms with van der Waals surface area (Å²) in [4.78, 5) is 22.8. The summed E-state index contributed by atoms with van der Waals surface area (Å²) in [6.45, 7) is 0.287. The summed E-state index contributed by atoms with van der Waals surface area (Å²) in [5.74, 6) is -1.71. The Bertz CT molecular complexity index is 540. The first kappa shape index (κ1) is 15.3. The molecule has 0 spiro atoms. The van der Waals surface area contributed by atoms with Gasteiger partial charge in [-0.3, -0.25) is 4.79 Å². The van der Waals surface area contributed by atoms with Gasteiger partial charge in [0, 0.05) is 3.57 Å². The van der Waals surface area contributed by atoms with Gasteiger partial charge in [-0.15, -0.1) is 0 Å². The summed E-state index contributed by atoms with van der Waals surface area (Å²) in [5.41, 5.74) is 0.468. The molecule has 1 aliphatic heterocycles. The third-order valence-corrected chi connectivity index (χ3v) is 3.88. The molecule has 0 aliphatic carbocycles. The van der Waals surface area contributed by atoms with Gasteiger partial charge in [-0.2, -0.15) is 0 Å². The van der Waals surface area contributed by atoms with Crippen molar-refractivity contribution in [3.05, 3.63) is 26.8 Å². The van der Waals surface area contributed by atoms with E-state index in [1.165, 1.54) is 0 Å². The molecular weight excluding hydrogens is 398 g/mol. The van der Waals surface area contributed by atoms with Gasteiger partial charge < -0.3 is 20.5 Å². The van der Waals surface area contributed by atoms with Crippen LogP contribution in [-0.2, 0) is 9.53 Å². The van der Waals surface area contributed by atoms with Gasteiger partial charge in [0.25, 0.3) is 0 Å². The average molecular weight is 411 g/mol. The van der Waals surface area contributed by atoms with Crippen molar-refractivity contribution >= 4 is 51.9 Å². The van der Waals surface area contributed by atoms with E-state index in [2.05, 4.69) is 33.2 Å². The lowest BCUT2D eigenvalue weighted by molar-refractivity contribution is -0.142. The molecule has 1 fully saturated rings. The number of hydrogen-bond acceptors (Lipinski definition) is 3. The lowest BCUT2D eigenvalue weighted by Crippen LogP contribution is -2.44.